The fourth-order valence-corrected chi connectivity index (χ4v) is 3.36. The van der Waals surface area contributed by atoms with Crippen LogP contribution in [0.5, 0.6) is 0 Å². The molecule has 0 aliphatic carbocycles. The minimum absolute atomic E-state index is 0.0468. The minimum Gasteiger partial charge on any atom is -0.340 e. The van der Waals surface area contributed by atoms with Crippen molar-refractivity contribution in [2.45, 2.75) is 59.2 Å². The van der Waals surface area contributed by atoms with E-state index in [-0.39, 0.29) is 11.8 Å². The molecule has 2 rings (SSSR count). The number of hydrogen-bond donors (Lipinski definition) is 1. The zero-order chi connectivity index (χ0) is 15.1. The maximum absolute atomic E-state index is 12.5. The Hall–Kier alpha value is -1.43. The Labute approximate surface area is 123 Å². The first-order valence-electron chi connectivity index (χ1n) is 6.82. The van der Waals surface area contributed by atoms with Crippen LogP contribution in [0, 0.1) is 13.8 Å². The van der Waals surface area contributed by atoms with Crippen LogP contribution in [0.25, 0.3) is 0 Å². The van der Waals surface area contributed by atoms with Crippen LogP contribution < -0.4 is 5.32 Å². The van der Waals surface area contributed by atoms with Crippen molar-refractivity contribution in [1.82, 2.24) is 15.2 Å². The first kappa shape index (κ1) is 15.0. The van der Waals surface area contributed by atoms with Crippen LogP contribution in [0.2, 0.25) is 0 Å². The molecule has 1 aromatic rings. The van der Waals surface area contributed by atoms with Crippen LogP contribution in [0.1, 0.15) is 42.8 Å². The van der Waals surface area contributed by atoms with Crippen molar-refractivity contribution in [2.24, 2.45) is 0 Å². The summed E-state index contributed by atoms with van der Waals surface area (Å²) < 4.78 is 0. The Morgan fingerprint density at radius 1 is 1.35 bits per heavy atom. The minimum atomic E-state index is -0.843. The zero-order valence-electron chi connectivity index (χ0n) is 12.6. The Bertz CT molecular complexity index is 531. The van der Waals surface area contributed by atoms with Gasteiger partial charge >= 0.3 is 0 Å². The van der Waals surface area contributed by atoms with Crippen molar-refractivity contribution in [3.05, 3.63) is 15.6 Å². The first-order chi connectivity index (χ1) is 9.26. The van der Waals surface area contributed by atoms with E-state index in [1.54, 1.807) is 30.1 Å². The number of rotatable bonds is 3. The molecule has 2 amide bonds. The average molecular weight is 295 g/mol. The molecule has 2 heterocycles. The van der Waals surface area contributed by atoms with Gasteiger partial charge in [0.05, 0.1) is 12.2 Å². The fourth-order valence-electron chi connectivity index (χ4n) is 2.43. The Morgan fingerprint density at radius 2 is 2.00 bits per heavy atom. The van der Waals surface area contributed by atoms with Crippen molar-refractivity contribution in [2.75, 3.05) is 0 Å². The molecule has 5 nitrogen and oxygen atoms in total. The number of thiazole rings is 1. The molecule has 1 N–H and O–H groups in total. The van der Waals surface area contributed by atoms with Gasteiger partial charge in [-0.1, -0.05) is 6.92 Å². The lowest BCUT2D eigenvalue weighted by molar-refractivity contribution is -0.154. The molecule has 1 aromatic heterocycles. The largest absolute Gasteiger partial charge is 0.340 e. The third kappa shape index (κ3) is 2.57. The number of hydrogen-bond acceptors (Lipinski definition) is 4. The number of carbonyl (C=O) groups is 2. The summed E-state index contributed by atoms with van der Waals surface area (Å²) in [6.07, 6.45) is 0.608. The van der Waals surface area contributed by atoms with E-state index in [2.05, 4.69) is 10.3 Å². The maximum Gasteiger partial charge on any atom is 0.248 e. The number of nitrogens with zero attached hydrogens (tertiary/aromatic N) is 2. The molecule has 0 saturated carbocycles. The topological polar surface area (TPSA) is 62.3 Å². The summed E-state index contributed by atoms with van der Waals surface area (Å²) >= 11 is 1.59. The molecule has 0 radical (unpaired) electrons. The lowest BCUT2D eigenvalue weighted by atomic mass is 9.96. The van der Waals surface area contributed by atoms with E-state index in [0.29, 0.717) is 13.0 Å². The monoisotopic (exact) mass is 295 g/mol. The van der Waals surface area contributed by atoms with E-state index in [4.69, 9.17) is 0 Å². The van der Waals surface area contributed by atoms with Crippen LogP contribution in [-0.2, 0) is 16.1 Å². The van der Waals surface area contributed by atoms with Gasteiger partial charge in [0.2, 0.25) is 11.8 Å². The highest BCUT2D eigenvalue weighted by molar-refractivity contribution is 7.11. The van der Waals surface area contributed by atoms with E-state index in [9.17, 15) is 9.59 Å². The highest BCUT2D eigenvalue weighted by Gasteiger charge is 2.44. The molecule has 110 valence electrons. The van der Waals surface area contributed by atoms with Gasteiger partial charge in [-0.15, -0.1) is 11.3 Å². The molecule has 1 fully saturated rings. The molecule has 6 heteroatoms. The Balaban J connectivity index is 2.29. The summed E-state index contributed by atoms with van der Waals surface area (Å²) in [5.41, 5.74) is 0.149. The molecule has 1 aliphatic rings. The molecule has 1 saturated heterocycles. The van der Waals surface area contributed by atoms with Crippen molar-refractivity contribution in [1.29, 1.82) is 0 Å². The van der Waals surface area contributed by atoms with Crippen LogP contribution in [-0.4, -0.2) is 33.3 Å². The highest BCUT2D eigenvalue weighted by Crippen LogP contribution is 2.25. The first-order valence-corrected chi connectivity index (χ1v) is 7.64. The lowest BCUT2D eigenvalue weighted by Crippen LogP contribution is -2.67. The molecule has 1 aliphatic heterocycles. The molecule has 1 atom stereocenters. The van der Waals surface area contributed by atoms with Crippen molar-refractivity contribution in [3.63, 3.8) is 0 Å². The van der Waals surface area contributed by atoms with E-state index < -0.39 is 11.6 Å². The number of piperazine rings is 1. The third-order valence-corrected chi connectivity index (χ3v) is 4.73. The van der Waals surface area contributed by atoms with Crippen molar-refractivity contribution >= 4 is 23.2 Å². The molecule has 0 aromatic carbocycles. The van der Waals surface area contributed by atoms with E-state index in [1.807, 2.05) is 20.8 Å². The van der Waals surface area contributed by atoms with E-state index >= 15 is 0 Å². The number of aryl methyl sites for hydroxylation is 2. The Kier molecular flexibility index (Phi) is 3.86. The second-order valence-electron chi connectivity index (χ2n) is 5.72. The number of carbonyl (C=O) groups excluding carboxylic acids is 2. The quantitative estimate of drug-likeness (QED) is 0.924. The highest BCUT2D eigenvalue weighted by atomic mass is 32.1. The zero-order valence-corrected chi connectivity index (χ0v) is 13.4. The average Bonchev–Trinajstić information content (AvgIpc) is 2.65. The van der Waals surface area contributed by atoms with Crippen molar-refractivity contribution in [3.8, 4) is 0 Å². The van der Waals surface area contributed by atoms with Crippen LogP contribution >= 0.6 is 11.3 Å². The maximum atomic E-state index is 12.5. The second kappa shape index (κ2) is 5.16. The van der Waals surface area contributed by atoms with Gasteiger partial charge in [0, 0.05) is 4.88 Å². The molecular formula is C14H21N3O2S. The third-order valence-electron chi connectivity index (χ3n) is 3.68. The van der Waals surface area contributed by atoms with Crippen LogP contribution in [0.15, 0.2) is 0 Å². The Morgan fingerprint density at radius 3 is 2.50 bits per heavy atom. The summed E-state index contributed by atoms with van der Waals surface area (Å²) in [6.45, 7) is 9.79. The number of amides is 2. The summed E-state index contributed by atoms with van der Waals surface area (Å²) in [5.74, 6) is -0.128. The fraction of sp³-hybridized carbons (Fsp3) is 0.643. The summed E-state index contributed by atoms with van der Waals surface area (Å²) in [6, 6.07) is -0.403. The number of nitrogens with one attached hydrogen (secondary N) is 1. The number of aromatic nitrogens is 1. The van der Waals surface area contributed by atoms with Crippen LogP contribution in [0.3, 0.4) is 0 Å². The van der Waals surface area contributed by atoms with Crippen LogP contribution in [0.4, 0.5) is 0 Å². The molecule has 0 bridgehead atoms. The van der Waals surface area contributed by atoms with Gasteiger partial charge in [0.25, 0.3) is 0 Å². The predicted octanol–water partition coefficient (Wildman–Crippen LogP) is 1.78. The second-order valence-corrected chi connectivity index (χ2v) is 7.01. The molecule has 20 heavy (non-hydrogen) atoms. The van der Waals surface area contributed by atoms with Gasteiger partial charge in [0.1, 0.15) is 16.6 Å². The molecule has 1 unspecified atom stereocenters. The van der Waals surface area contributed by atoms with E-state index in [1.165, 1.54) is 0 Å². The normalized spacial score (nSPS) is 22.1. The summed E-state index contributed by atoms with van der Waals surface area (Å²) in [7, 11) is 0. The predicted molar refractivity (Wildman–Crippen MR) is 78.4 cm³/mol. The molecule has 0 spiro atoms. The van der Waals surface area contributed by atoms with Gasteiger partial charge < -0.3 is 10.2 Å². The SMILES string of the molecule is CCC1C(=O)NC(C)(C)C(=O)N1Cc1nc(C)c(C)s1. The van der Waals surface area contributed by atoms with Gasteiger partial charge in [0.15, 0.2) is 0 Å². The summed E-state index contributed by atoms with van der Waals surface area (Å²) in [4.78, 5) is 32.0. The van der Waals surface area contributed by atoms with Gasteiger partial charge in [-0.2, -0.15) is 0 Å². The van der Waals surface area contributed by atoms with Gasteiger partial charge in [-0.3, -0.25) is 9.59 Å². The van der Waals surface area contributed by atoms with E-state index in [0.717, 1.165) is 15.6 Å². The molecular weight excluding hydrogens is 274 g/mol. The van der Waals surface area contributed by atoms with Gasteiger partial charge in [-0.05, 0) is 34.1 Å². The van der Waals surface area contributed by atoms with Gasteiger partial charge in [-0.25, -0.2) is 4.98 Å². The smallest absolute Gasteiger partial charge is 0.248 e. The lowest BCUT2D eigenvalue weighted by Gasteiger charge is -2.42. The summed E-state index contributed by atoms with van der Waals surface area (Å²) in [5, 5.41) is 3.68. The van der Waals surface area contributed by atoms with Crippen molar-refractivity contribution < 1.29 is 9.59 Å². The standard InChI is InChI=1S/C14H21N3O2S/c1-6-10-12(18)16-14(4,5)13(19)17(10)7-11-15-8(2)9(3)20-11/h10H,6-7H2,1-5H3,(H,16,18).